The Morgan fingerprint density at radius 2 is 1.91 bits per heavy atom. The summed E-state index contributed by atoms with van der Waals surface area (Å²) in [6.45, 7) is 0.232. The molecule has 1 N–H and O–H groups in total. The fourth-order valence-electron chi connectivity index (χ4n) is 3.12. The van der Waals surface area contributed by atoms with Crippen molar-refractivity contribution in [2.45, 2.75) is 6.61 Å². The number of amidine groups is 1. The molecule has 0 saturated carbocycles. The Labute approximate surface area is 229 Å². The molecule has 10 heteroatoms. The minimum atomic E-state index is -0.423. The van der Waals surface area contributed by atoms with Crippen molar-refractivity contribution in [3.8, 4) is 11.5 Å². The van der Waals surface area contributed by atoms with Crippen LogP contribution < -0.4 is 14.8 Å². The van der Waals surface area contributed by atoms with Crippen LogP contribution in [0.5, 0.6) is 11.5 Å². The molecule has 0 aromatic heterocycles. The first-order valence-electron chi connectivity index (χ1n) is 10.2. The molecular weight excluding hydrogens is 622 g/mol. The molecule has 0 bridgehead atoms. The van der Waals surface area contributed by atoms with Crippen molar-refractivity contribution < 1.29 is 19.1 Å². The van der Waals surface area contributed by atoms with Gasteiger partial charge in [0.05, 0.1) is 15.6 Å². The van der Waals surface area contributed by atoms with Crippen LogP contribution in [0.1, 0.15) is 21.5 Å². The first-order valence-corrected chi connectivity index (χ1v) is 12.8. The molecule has 3 aromatic carbocycles. The number of rotatable bonds is 6. The minimum Gasteiger partial charge on any atom is -0.493 e. The van der Waals surface area contributed by atoms with Gasteiger partial charge in [0.1, 0.15) is 6.61 Å². The number of hydrogen-bond acceptors (Lipinski definition) is 5. The average molecular weight is 639 g/mol. The van der Waals surface area contributed by atoms with Crippen LogP contribution in [0, 0.1) is 3.57 Å². The van der Waals surface area contributed by atoms with E-state index in [2.05, 4.69) is 32.9 Å². The number of amides is 2. The van der Waals surface area contributed by atoms with Gasteiger partial charge in [-0.05, 0) is 82.4 Å². The molecule has 178 valence electrons. The van der Waals surface area contributed by atoms with Crippen molar-refractivity contribution in [2.75, 3.05) is 7.11 Å². The second kappa shape index (κ2) is 11.5. The van der Waals surface area contributed by atoms with Gasteiger partial charge in [0.25, 0.3) is 11.8 Å². The molecule has 0 unspecified atom stereocenters. The normalized spacial score (nSPS) is 15.4. The number of methoxy groups -OCH3 is 1. The van der Waals surface area contributed by atoms with Gasteiger partial charge in [-0.25, -0.2) is 0 Å². The summed E-state index contributed by atoms with van der Waals surface area (Å²) in [5.41, 5.74) is 1.97. The van der Waals surface area contributed by atoms with Gasteiger partial charge in [-0.2, -0.15) is 4.99 Å². The Hall–Kier alpha value is -2.53. The number of carbonyl (C=O) groups is 2. The number of benzene rings is 3. The number of ether oxygens (including phenoxy) is 2. The molecule has 0 radical (unpaired) electrons. The monoisotopic (exact) mass is 638 g/mol. The van der Waals surface area contributed by atoms with E-state index in [1.54, 1.807) is 61.7 Å². The third kappa shape index (κ3) is 6.38. The fourth-order valence-corrected chi connectivity index (χ4v) is 5.18. The van der Waals surface area contributed by atoms with Crippen LogP contribution in [-0.4, -0.2) is 24.1 Å². The Bertz CT molecular complexity index is 1360. The summed E-state index contributed by atoms with van der Waals surface area (Å²) in [6.07, 6.45) is 1.71. The summed E-state index contributed by atoms with van der Waals surface area (Å²) < 4.78 is 12.3. The van der Waals surface area contributed by atoms with Crippen molar-refractivity contribution in [3.63, 3.8) is 0 Å². The number of nitrogens with one attached hydrogen (secondary N) is 1. The highest BCUT2D eigenvalue weighted by Crippen LogP contribution is 2.37. The largest absolute Gasteiger partial charge is 0.493 e. The van der Waals surface area contributed by atoms with Gasteiger partial charge in [-0.3, -0.25) is 9.59 Å². The summed E-state index contributed by atoms with van der Waals surface area (Å²) in [6, 6.07) is 17.5. The third-order valence-corrected chi connectivity index (χ3v) is 7.11. The second-order valence-corrected chi connectivity index (χ2v) is 10.2. The van der Waals surface area contributed by atoms with Crippen molar-refractivity contribution >= 4 is 80.6 Å². The highest BCUT2D eigenvalue weighted by molar-refractivity contribution is 14.1. The molecule has 1 aliphatic heterocycles. The van der Waals surface area contributed by atoms with Crippen LogP contribution in [0.3, 0.4) is 0 Å². The average Bonchev–Trinajstić information content (AvgIpc) is 3.17. The van der Waals surface area contributed by atoms with Crippen LogP contribution >= 0.6 is 57.6 Å². The van der Waals surface area contributed by atoms with E-state index >= 15 is 0 Å². The molecule has 1 aliphatic rings. The molecule has 2 amide bonds. The molecule has 6 nitrogen and oxygen atoms in total. The van der Waals surface area contributed by atoms with E-state index in [1.165, 1.54) is 0 Å². The van der Waals surface area contributed by atoms with Crippen LogP contribution in [0.4, 0.5) is 0 Å². The van der Waals surface area contributed by atoms with E-state index in [9.17, 15) is 9.59 Å². The summed E-state index contributed by atoms with van der Waals surface area (Å²) in [5, 5.41) is 3.93. The number of nitrogens with zero attached hydrogens (tertiary/aromatic N) is 1. The van der Waals surface area contributed by atoms with Gasteiger partial charge in [-0.1, -0.05) is 47.5 Å². The van der Waals surface area contributed by atoms with Crippen LogP contribution in [0.2, 0.25) is 10.0 Å². The van der Waals surface area contributed by atoms with Gasteiger partial charge >= 0.3 is 0 Å². The molecule has 0 spiro atoms. The quantitative estimate of drug-likeness (QED) is 0.244. The van der Waals surface area contributed by atoms with E-state index in [-0.39, 0.29) is 17.7 Å². The van der Waals surface area contributed by atoms with Crippen molar-refractivity contribution in [3.05, 3.63) is 95.9 Å². The lowest BCUT2D eigenvalue weighted by Crippen LogP contribution is -2.20. The maximum Gasteiger partial charge on any atom is 0.279 e. The van der Waals surface area contributed by atoms with Crippen molar-refractivity contribution in [2.24, 2.45) is 4.99 Å². The number of carbonyl (C=O) groups excluding carboxylic acids is 2. The standard InChI is InChI=1S/C25H17Cl2IN2O4S/c1-33-20-10-14(9-19(28)22(20)34-13-16-7-8-17(26)12-18(16)27)11-21-24(32)30-25(35-21)29-23(31)15-5-3-2-4-6-15/h2-12H,13H2,1H3,(H,29,30,31,32)/b21-11-. The molecule has 4 rings (SSSR count). The van der Waals surface area contributed by atoms with Gasteiger partial charge in [-0.15, -0.1) is 0 Å². The van der Waals surface area contributed by atoms with Gasteiger partial charge in [0.15, 0.2) is 16.7 Å². The zero-order valence-electron chi connectivity index (χ0n) is 18.2. The maximum absolute atomic E-state index is 12.5. The smallest absolute Gasteiger partial charge is 0.279 e. The fraction of sp³-hybridized carbons (Fsp3) is 0.0800. The van der Waals surface area contributed by atoms with Crippen LogP contribution in [0.15, 0.2) is 70.6 Å². The SMILES string of the molecule is COc1cc(/C=C2\SC(=NC(=O)c3ccccc3)NC2=O)cc(I)c1OCc1ccc(Cl)cc1Cl. The number of halogens is 3. The molecule has 1 saturated heterocycles. The lowest BCUT2D eigenvalue weighted by molar-refractivity contribution is -0.115. The molecule has 35 heavy (non-hydrogen) atoms. The molecule has 1 fully saturated rings. The topological polar surface area (TPSA) is 77.0 Å². The molecular formula is C25H17Cl2IN2O4S. The Morgan fingerprint density at radius 3 is 2.63 bits per heavy atom. The van der Waals surface area contributed by atoms with E-state index < -0.39 is 5.91 Å². The van der Waals surface area contributed by atoms with Gasteiger partial charge < -0.3 is 14.8 Å². The lowest BCUT2D eigenvalue weighted by atomic mass is 10.2. The first kappa shape index (κ1) is 25.6. The van der Waals surface area contributed by atoms with Gasteiger partial charge in [0, 0.05) is 21.2 Å². The number of thioether (sulfide) groups is 1. The lowest BCUT2D eigenvalue weighted by Gasteiger charge is -2.14. The first-order chi connectivity index (χ1) is 16.8. The number of aliphatic imine (C=N–C) groups is 1. The summed E-state index contributed by atoms with van der Waals surface area (Å²) in [5.74, 6) is 0.306. The minimum absolute atomic E-state index is 0.232. The Morgan fingerprint density at radius 1 is 1.14 bits per heavy atom. The summed E-state index contributed by atoms with van der Waals surface area (Å²) in [4.78, 5) is 29.2. The molecule has 0 atom stereocenters. The third-order valence-electron chi connectivity index (χ3n) is 4.81. The predicted molar refractivity (Wildman–Crippen MR) is 148 cm³/mol. The second-order valence-electron chi connectivity index (χ2n) is 7.21. The van der Waals surface area contributed by atoms with Crippen LogP contribution in [0.25, 0.3) is 6.08 Å². The summed E-state index contributed by atoms with van der Waals surface area (Å²) >= 11 is 15.5. The van der Waals surface area contributed by atoms with E-state index in [4.69, 9.17) is 32.7 Å². The zero-order chi connectivity index (χ0) is 24.9. The predicted octanol–water partition coefficient (Wildman–Crippen LogP) is 6.59. The Balaban J connectivity index is 1.52. The van der Waals surface area contributed by atoms with Crippen molar-refractivity contribution in [1.29, 1.82) is 0 Å². The van der Waals surface area contributed by atoms with E-state index in [0.29, 0.717) is 32.0 Å². The number of hydrogen-bond donors (Lipinski definition) is 1. The van der Waals surface area contributed by atoms with Crippen LogP contribution in [-0.2, 0) is 11.4 Å². The molecule has 0 aliphatic carbocycles. The molecule has 3 aromatic rings. The zero-order valence-corrected chi connectivity index (χ0v) is 22.7. The van der Waals surface area contributed by atoms with Gasteiger partial charge in [0.2, 0.25) is 0 Å². The highest BCUT2D eigenvalue weighted by atomic mass is 127. The van der Waals surface area contributed by atoms with Crippen molar-refractivity contribution in [1.82, 2.24) is 5.32 Å². The Kier molecular flexibility index (Phi) is 8.38. The molecule has 1 heterocycles. The maximum atomic E-state index is 12.5. The van der Waals surface area contributed by atoms with E-state index in [1.807, 2.05) is 12.1 Å². The highest BCUT2D eigenvalue weighted by Gasteiger charge is 2.25. The summed E-state index contributed by atoms with van der Waals surface area (Å²) in [7, 11) is 1.54. The van der Waals surface area contributed by atoms with E-state index in [0.717, 1.165) is 26.5 Å².